The Morgan fingerprint density at radius 2 is 1.91 bits per heavy atom. The van der Waals surface area contributed by atoms with Crippen LogP contribution in [0.15, 0.2) is 34.2 Å². The summed E-state index contributed by atoms with van der Waals surface area (Å²) in [5.41, 5.74) is -0.0180. The van der Waals surface area contributed by atoms with E-state index in [1.54, 1.807) is 12.3 Å². The molecule has 2 N–H and O–H groups in total. The number of hydrogen-bond acceptors (Lipinski definition) is 4. The molecule has 2 aromatic rings. The zero-order chi connectivity index (χ0) is 16.4. The van der Waals surface area contributed by atoms with Gasteiger partial charge in [-0.2, -0.15) is 0 Å². The molecular formula is C16H15BrN2O3S. The first-order valence-electron chi connectivity index (χ1n) is 7.26. The van der Waals surface area contributed by atoms with Crippen molar-refractivity contribution < 1.29 is 14.7 Å². The Morgan fingerprint density at radius 1 is 1.22 bits per heavy atom. The summed E-state index contributed by atoms with van der Waals surface area (Å²) in [6.07, 6.45) is 5.53. The molecule has 1 aromatic heterocycles. The molecule has 1 aliphatic rings. The number of nitrogens with zero attached hydrogens (tertiary/aromatic N) is 1. The third-order valence-corrected chi connectivity index (χ3v) is 5.49. The number of amides is 1. The molecule has 1 aliphatic carbocycles. The second-order valence-corrected chi connectivity index (χ2v) is 7.42. The molecule has 7 heteroatoms. The van der Waals surface area contributed by atoms with Crippen molar-refractivity contribution in [2.75, 3.05) is 0 Å². The molecule has 0 bridgehead atoms. The number of carbonyl (C=O) groups excluding carboxylic acids is 1. The maximum absolute atomic E-state index is 12.7. The molecule has 1 aromatic carbocycles. The highest BCUT2D eigenvalue weighted by atomic mass is 79.9. The molecule has 120 valence electrons. The first-order chi connectivity index (χ1) is 11.0. The molecular weight excluding hydrogens is 380 g/mol. The number of benzene rings is 1. The summed E-state index contributed by atoms with van der Waals surface area (Å²) in [5.74, 6) is -1.33. The van der Waals surface area contributed by atoms with Crippen LogP contribution in [-0.2, 0) is 5.54 Å². The van der Waals surface area contributed by atoms with Gasteiger partial charge in [-0.05, 0) is 31.0 Å². The van der Waals surface area contributed by atoms with Gasteiger partial charge in [0, 0.05) is 21.6 Å². The Balaban J connectivity index is 1.90. The smallest absolute Gasteiger partial charge is 0.335 e. The summed E-state index contributed by atoms with van der Waals surface area (Å²) < 4.78 is 0.567. The minimum atomic E-state index is -1.06. The highest BCUT2D eigenvalue weighted by Gasteiger charge is 2.39. The lowest BCUT2D eigenvalue weighted by Gasteiger charge is -2.28. The van der Waals surface area contributed by atoms with Gasteiger partial charge in [0.15, 0.2) is 0 Å². The van der Waals surface area contributed by atoms with Gasteiger partial charge in [0.1, 0.15) is 5.01 Å². The van der Waals surface area contributed by atoms with Crippen LogP contribution < -0.4 is 5.32 Å². The fraction of sp³-hybridized carbons (Fsp3) is 0.312. The number of carbonyl (C=O) groups is 2. The largest absolute Gasteiger partial charge is 0.478 e. The Kier molecular flexibility index (Phi) is 4.50. The molecule has 0 unspecified atom stereocenters. The van der Waals surface area contributed by atoms with Crippen molar-refractivity contribution in [2.24, 2.45) is 0 Å². The van der Waals surface area contributed by atoms with Gasteiger partial charge in [-0.25, -0.2) is 9.78 Å². The minimum absolute atomic E-state index is 0.0826. The van der Waals surface area contributed by atoms with E-state index in [2.05, 4.69) is 26.2 Å². The second kappa shape index (κ2) is 6.41. The number of nitrogens with one attached hydrogen (secondary N) is 1. The van der Waals surface area contributed by atoms with Gasteiger partial charge in [0.05, 0.1) is 11.1 Å². The number of thiazole rings is 1. The van der Waals surface area contributed by atoms with Crippen LogP contribution in [0.1, 0.15) is 51.4 Å². The number of carboxylic acid groups (broad SMARTS) is 1. The van der Waals surface area contributed by atoms with E-state index in [-0.39, 0.29) is 11.5 Å². The SMILES string of the molecule is O=C(O)c1cc(Br)cc(C(=O)NC2(c3nccs3)CCCC2)c1. The molecule has 0 radical (unpaired) electrons. The zero-order valence-corrected chi connectivity index (χ0v) is 14.6. The fourth-order valence-corrected chi connectivity index (χ4v) is 4.31. The topological polar surface area (TPSA) is 79.3 Å². The normalized spacial score (nSPS) is 16.2. The molecule has 0 spiro atoms. The molecule has 0 atom stereocenters. The van der Waals surface area contributed by atoms with Gasteiger partial charge in [-0.1, -0.05) is 28.8 Å². The third-order valence-electron chi connectivity index (χ3n) is 4.06. The predicted octanol–water partition coefficient (Wildman–Crippen LogP) is 3.80. The Morgan fingerprint density at radius 3 is 2.52 bits per heavy atom. The van der Waals surface area contributed by atoms with Gasteiger partial charge < -0.3 is 10.4 Å². The van der Waals surface area contributed by atoms with E-state index in [1.165, 1.54) is 23.5 Å². The van der Waals surface area contributed by atoms with Crippen molar-refractivity contribution in [3.63, 3.8) is 0 Å². The lowest BCUT2D eigenvalue weighted by Crippen LogP contribution is -2.43. The van der Waals surface area contributed by atoms with E-state index in [4.69, 9.17) is 5.11 Å². The number of halogens is 1. The zero-order valence-electron chi connectivity index (χ0n) is 12.2. The van der Waals surface area contributed by atoms with E-state index in [0.29, 0.717) is 10.0 Å². The highest BCUT2D eigenvalue weighted by Crippen LogP contribution is 2.39. The van der Waals surface area contributed by atoms with Crippen molar-refractivity contribution in [3.8, 4) is 0 Å². The summed E-state index contributed by atoms with van der Waals surface area (Å²) >= 11 is 4.80. The standard InChI is InChI=1S/C16H15BrN2O3S/c17-12-8-10(7-11(9-12)14(21)22)13(20)19-16(3-1-2-4-16)15-18-5-6-23-15/h5-9H,1-4H2,(H,19,20)(H,21,22). The average molecular weight is 395 g/mol. The highest BCUT2D eigenvalue weighted by molar-refractivity contribution is 9.10. The maximum Gasteiger partial charge on any atom is 0.335 e. The Labute approximate surface area is 145 Å². The molecule has 5 nitrogen and oxygen atoms in total. The van der Waals surface area contributed by atoms with Crippen molar-refractivity contribution in [3.05, 3.63) is 50.4 Å². The third kappa shape index (κ3) is 3.30. The summed E-state index contributed by atoms with van der Waals surface area (Å²) in [6.45, 7) is 0. The van der Waals surface area contributed by atoms with Crippen LogP contribution in [-0.4, -0.2) is 22.0 Å². The molecule has 1 heterocycles. The average Bonchev–Trinajstić information content (AvgIpc) is 3.18. The van der Waals surface area contributed by atoms with E-state index in [1.807, 2.05) is 5.38 Å². The molecule has 1 amide bonds. The predicted molar refractivity (Wildman–Crippen MR) is 90.8 cm³/mol. The maximum atomic E-state index is 12.7. The van der Waals surface area contributed by atoms with Crippen molar-refractivity contribution in [2.45, 2.75) is 31.2 Å². The number of hydrogen-bond donors (Lipinski definition) is 2. The number of aromatic nitrogens is 1. The van der Waals surface area contributed by atoms with E-state index in [0.717, 1.165) is 30.7 Å². The first kappa shape index (κ1) is 16.1. The van der Waals surface area contributed by atoms with E-state index >= 15 is 0 Å². The number of aromatic carboxylic acids is 1. The lowest BCUT2D eigenvalue weighted by molar-refractivity contribution is 0.0697. The van der Waals surface area contributed by atoms with Crippen LogP contribution in [0.5, 0.6) is 0 Å². The van der Waals surface area contributed by atoms with Gasteiger partial charge in [-0.15, -0.1) is 11.3 Å². The Bertz CT molecular complexity index is 740. The minimum Gasteiger partial charge on any atom is -0.478 e. The van der Waals surface area contributed by atoms with Crippen LogP contribution in [0, 0.1) is 0 Å². The molecule has 0 saturated heterocycles. The quantitative estimate of drug-likeness (QED) is 0.826. The van der Waals surface area contributed by atoms with E-state index in [9.17, 15) is 9.59 Å². The number of rotatable bonds is 4. The van der Waals surface area contributed by atoms with Crippen LogP contribution in [0.4, 0.5) is 0 Å². The van der Waals surface area contributed by atoms with Crippen LogP contribution in [0.25, 0.3) is 0 Å². The second-order valence-electron chi connectivity index (χ2n) is 5.61. The Hall–Kier alpha value is -1.73. The summed E-state index contributed by atoms with van der Waals surface area (Å²) in [7, 11) is 0. The van der Waals surface area contributed by atoms with Gasteiger partial charge in [-0.3, -0.25) is 4.79 Å². The molecule has 3 rings (SSSR count). The molecule has 0 aliphatic heterocycles. The monoisotopic (exact) mass is 394 g/mol. The van der Waals surface area contributed by atoms with Crippen molar-refractivity contribution in [1.82, 2.24) is 10.3 Å². The summed E-state index contributed by atoms with van der Waals surface area (Å²) in [5, 5.41) is 15.1. The van der Waals surface area contributed by atoms with Crippen LogP contribution in [0.3, 0.4) is 0 Å². The van der Waals surface area contributed by atoms with Gasteiger partial charge in [0.2, 0.25) is 0 Å². The molecule has 1 saturated carbocycles. The van der Waals surface area contributed by atoms with E-state index < -0.39 is 11.5 Å². The van der Waals surface area contributed by atoms with Crippen LogP contribution in [0.2, 0.25) is 0 Å². The summed E-state index contributed by atoms with van der Waals surface area (Å²) in [4.78, 5) is 28.2. The fourth-order valence-electron chi connectivity index (χ4n) is 2.96. The van der Waals surface area contributed by atoms with Crippen molar-refractivity contribution >= 4 is 39.1 Å². The lowest BCUT2D eigenvalue weighted by atomic mass is 9.97. The number of carboxylic acids is 1. The first-order valence-corrected chi connectivity index (χ1v) is 8.94. The van der Waals surface area contributed by atoms with Gasteiger partial charge in [0.25, 0.3) is 5.91 Å². The van der Waals surface area contributed by atoms with Crippen molar-refractivity contribution in [1.29, 1.82) is 0 Å². The molecule has 1 fully saturated rings. The summed E-state index contributed by atoms with van der Waals surface area (Å²) in [6, 6.07) is 4.50. The van der Waals surface area contributed by atoms with Crippen LogP contribution >= 0.6 is 27.3 Å². The van der Waals surface area contributed by atoms with Gasteiger partial charge >= 0.3 is 5.97 Å². The molecule has 23 heavy (non-hydrogen) atoms.